The first-order chi connectivity index (χ1) is 14.4. The van der Waals surface area contributed by atoms with Crippen molar-refractivity contribution in [1.29, 1.82) is 0 Å². The van der Waals surface area contributed by atoms with Gasteiger partial charge in [0.05, 0.1) is 6.10 Å². The van der Waals surface area contributed by atoms with Crippen LogP contribution in [0.25, 0.3) is 0 Å². The number of nitrogens with zero attached hydrogens (tertiary/aromatic N) is 2. The van der Waals surface area contributed by atoms with Crippen LogP contribution in [0.5, 0.6) is 5.75 Å². The Morgan fingerprint density at radius 1 is 1.20 bits per heavy atom. The largest absolute Gasteiger partial charge is 0.491 e. The Balaban J connectivity index is 1.45. The topological polar surface area (TPSA) is 84.3 Å². The molecule has 3 aromatic rings. The number of carbonyl (C=O) groups is 1. The molecule has 3 rings (SSSR count). The van der Waals surface area contributed by atoms with Crippen molar-refractivity contribution in [2.75, 3.05) is 17.7 Å². The molecule has 0 saturated heterocycles. The Labute approximate surface area is 184 Å². The average Bonchev–Trinajstić information content (AvgIpc) is 3.18. The Hall–Kier alpha value is -2.42. The number of rotatable bonds is 10. The fourth-order valence-electron chi connectivity index (χ4n) is 2.61. The molecule has 1 unspecified atom stereocenters. The number of Topliss-reactive ketones (excluding diaryl/α,β-unsaturated/α-hetero) is 1. The van der Waals surface area contributed by atoms with E-state index in [0.717, 1.165) is 10.0 Å². The van der Waals surface area contributed by atoms with Crippen LogP contribution in [0.1, 0.15) is 42.6 Å². The summed E-state index contributed by atoms with van der Waals surface area (Å²) < 4.78 is 6.37. The summed E-state index contributed by atoms with van der Waals surface area (Å²) in [5.74, 6) is 1.48. The third-order valence-electron chi connectivity index (χ3n) is 4.32. The van der Waals surface area contributed by atoms with Gasteiger partial charge in [-0.3, -0.25) is 4.79 Å². The van der Waals surface area contributed by atoms with E-state index >= 15 is 0 Å². The predicted molar refractivity (Wildman–Crippen MR) is 122 cm³/mol. The zero-order valence-corrected chi connectivity index (χ0v) is 18.8. The summed E-state index contributed by atoms with van der Waals surface area (Å²) in [5, 5.41) is 22.5. The second-order valence-corrected chi connectivity index (χ2v) is 9.38. The van der Waals surface area contributed by atoms with Gasteiger partial charge < -0.3 is 15.2 Å². The molecule has 0 bridgehead atoms. The van der Waals surface area contributed by atoms with Gasteiger partial charge in [0.1, 0.15) is 12.4 Å². The van der Waals surface area contributed by atoms with Crippen LogP contribution in [-0.4, -0.2) is 39.6 Å². The van der Waals surface area contributed by atoms with Gasteiger partial charge in [-0.05, 0) is 42.7 Å². The number of hydrogen-bond acceptors (Lipinski definition) is 8. The third-order valence-corrected chi connectivity index (χ3v) is 6.43. The van der Waals surface area contributed by atoms with Crippen LogP contribution < -0.4 is 10.1 Å². The number of aliphatic hydroxyl groups excluding tert-OH is 1. The van der Waals surface area contributed by atoms with Crippen molar-refractivity contribution < 1.29 is 14.6 Å². The maximum Gasteiger partial charge on any atom is 0.210 e. The first-order valence-electron chi connectivity index (χ1n) is 9.66. The molecule has 0 amide bonds. The van der Waals surface area contributed by atoms with Gasteiger partial charge >= 0.3 is 0 Å². The smallest absolute Gasteiger partial charge is 0.210 e. The number of ketones is 1. The Bertz CT molecular complexity index is 974. The summed E-state index contributed by atoms with van der Waals surface area (Å²) in [6.07, 6.45) is -0.667. The number of aliphatic hydroxyl groups is 1. The lowest BCUT2D eigenvalue weighted by Gasteiger charge is -2.11. The number of ether oxygens (including phenoxy) is 1. The highest BCUT2D eigenvalue weighted by atomic mass is 32.2. The maximum atomic E-state index is 11.4. The first-order valence-corrected chi connectivity index (χ1v) is 11.5. The molecular formula is C22H25N3O3S2. The summed E-state index contributed by atoms with van der Waals surface area (Å²) >= 11 is 2.87. The van der Waals surface area contributed by atoms with Crippen molar-refractivity contribution in [2.24, 2.45) is 0 Å². The molecule has 2 aromatic carbocycles. The molecule has 0 aliphatic rings. The molecule has 6 nitrogen and oxygen atoms in total. The second kappa shape index (κ2) is 10.6. The monoisotopic (exact) mass is 443 g/mol. The quantitative estimate of drug-likeness (QED) is 0.331. The van der Waals surface area contributed by atoms with Crippen LogP contribution >= 0.6 is 23.1 Å². The van der Waals surface area contributed by atoms with E-state index < -0.39 is 6.10 Å². The highest BCUT2D eigenvalue weighted by Crippen LogP contribution is 2.28. The maximum absolute atomic E-state index is 11.4. The van der Waals surface area contributed by atoms with E-state index in [1.807, 2.05) is 12.1 Å². The number of anilines is 2. The van der Waals surface area contributed by atoms with E-state index in [1.165, 1.54) is 35.6 Å². The molecule has 1 aromatic heterocycles. The molecule has 1 heterocycles. The molecule has 0 saturated carbocycles. The minimum Gasteiger partial charge on any atom is -0.491 e. The molecular weight excluding hydrogens is 418 g/mol. The van der Waals surface area contributed by atoms with Gasteiger partial charge in [-0.2, -0.15) is 0 Å². The number of benzene rings is 2. The molecule has 158 valence electrons. The molecule has 0 radical (unpaired) electrons. The van der Waals surface area contributed by atoms with E-state index in [1.54, 1.807) is 24.3 Å². The zero-order chi connectivity index (χ0) is 21.5. The molecule has 2 N–H and O–H groups in total. The normalized spacial score (nSPS) is 12.0. The molecule has 0 fully saturated rings. The standard InChI is InChI=1S/C22H25N3O3S2/c1-14(2)16-7-9-18(10-8-16)23-21-24-25-22(30-21)29-13-19(27)12-28-20-6-4-5-17(11-20)15(3)26/h4-11,14,19,27H,12-13H2,1-3H3,(H,23,24). The SMILES string of the molecule is CC(=O)c1cccc(OCC(O)CSc2nnc(Nc3ccc(C(C)C)cc3)s2)c1. The van der Waals surface area contributed by atoms with Crippen LogP contribution in [0.15, 0.2) is 52.9 Å². The first kappa shape index (κ1) is 22.3. The van der Waals surface area contributed by atoms with Gasteiger partial charge in [0.2, 0.25) is 5.13 Å². The molecule has 30 heavy (non-hydrogen) atoms. The fraction of sp³-hybridized carbons (Fsp3) is 0.318. The lowest BCUT2D eigenvalue weighted by Crippen LogP contribution is -2.20. The lowest BCUT2D eigenvalue weighted by molar-refractivity contribution is 0.101. The van der Waals surface area contributed by atoms with Gasteiger partial charge in [-0.1, -0.05) is 61.2 Å². The van der Waals surface area contributed by atoms with E-state index in [9.17, 15) is 9.90 Å². The third kappa shape index (κ3) is 6.55. The van der Waals surface area contributed by atoms with Gasteiger partial charge in [0.15, 0.2) is 10.1 Å². The number of hydrogen-bond donors (Lipinski definition) is 2. The van der Waals surface area contributed by atoms with Crippen molar-refractivity contribution >= 4 is 39.7 Å². The van der Waals surface area contributed by atoms with Crippen molar-refractivity contribution in [1.82, 2.24) is 10.2 Å². The predicted octanol–water partition coefficient (Wildman–Crippen LogP) is 5.14. The van der Waals surface area contributed by atoms with Gasteiger partial charge in [0, 0.05) is 17.0 Å². The molecule has 0 spiro atoms. The van der Waals surface area contributed by atoms with E-state index in [0.29, 0.717) is 28.1 Å². The summed E-state index contributed by atoms with van der Waals surface area (Å²) in [6, 6.07) is 15.2. The van der Waals surface area contributed by atoms with Crippen LogP contribution in [-0.2, 0) is 0 Å². The lowest BCUT2D eigenvalue weighted by atomic mass is 10.0. The molecule has 0 aliphatic carbocycles. The van der Waals surface area contributed by atoms with E-state index in [4.69, 9.17) is 4.74 Å². The Morgan fingerprint density at radius 3 is 2.67 bits per heavy atom. The molecule has 0 aliphatic heterocycles. The van der Waals surface area contributed by atoms with Crippen LogP contribution in [0.2, 0.25) is 0 Å². The van der Waals surface area contributed by atoms with Crippen molar-refractivity contribution in [3.8, 4) is 5.75 Å². The van der Waals surface area contributed by atoms with Crippen LogP contribution in [0.4, 0.5) is 10.8 Å². The average molecular weight is 444 g/mol. The highest BCUT2D eigenvalue weighted by molar-refractivity contribution is 8.01. The highest BCUT2D eigenvalue weighted by Gasteiger charge is 2.11. The summed E-state index contributed by atoms with van der Waals surface area (Å²) in [4.78, 5) is 11.4. The van der Waals surface area contributed by atoms with Crippen molar-refractivity contribution in [3.63, 3.8) is 0 Å². The van der Waals surface area contributed by atoms with Crippen LogP contribution in [0.3, 0.4) is 0 Å². The summed E-state index contributed by atoms with van der Waals surface area (Å²) in [7, 11) is 0. The number of thioether (sulfide) groups is 1. The minimum absolute atomic E-state index is 0.0203. The van der Waals surface area contributed by atoms with Crippen LogP contribution in [0, 0.1) is 0 Å². The number of nitrogens with one attached hydrogen (secondary N) is 1. The Kier molecular flexibility index (Phi) is 7.84. The Morgan fingerprint density at radius 2 is 1.97 bits per heavy atom. The van der Waals surface area contributed by atoms with Gasteiger partial charge in [-0.25, -0.2) is 0 Å². The summed E-state index contributed by atoms with van der Waals surface area (Å²) in [6.45, 7) is 5.98. The zero-order valence-electron chi connectivity index (χ0n) is 17.2. The van der Waals surface area contributed by atoms with E-state index in [2.05, 4.69) is 41.5 Å². The second-order valence-electron chi connectivity index (χ2n) is 7.13. The van der Waals surface area contributed by atoms with Crippen molar-refractivity contribution in [2.45, 2.75) is 37.1 Å². The van der Waals surface area contributed by atoms with Crippen molar-refractivity contribution in [3.05, 3.63) is 59.7 Å². The fourth-order valence-corrected chi connectivity index (χ4v) is 4.31. The van der Waals surface area contributed by atoms with Gasteiger partial charge in [0.25, 0.3) is 0 Å². The number of aromatic nitrogens is 2. The number of carbonyl (C=O) groups excluding carboxylic acids is 1. The molecule has 1 atom stereocenters. The van der Waals surface area contributed by atoms with Gasteiger partial charge in [-0.15, -0.1) is 10.2 Å². The summed E-state index contributed by atoms with van der Waals surface area (Å²) in [5.41, 5.74) is 2.84. The molecule has 8 heteroatoms. The van der Waals surface area contributed by atoms with E-state index in [-0.39, 0.29) is 12.4 Å². The minimum atomic E-state index is -0.667.